The first kappa shape index (κ1) is 22.2. The average Bonchev–Trinajstić information content (AvgIpc) is 2.83. The van der Waals surface area contributed by atoms with Gasteiger partial charge in [-0.05, 0) is 24.6 Å². The number of benzene rings is 2. The molecule has 1 aromatic heterocycles. The van der Waals surface area contributed by atoms with Crippen LogP contribution in [-0.4, -0.2) is 40.7 Å². The van der Waals surface area contributed by atoms with Crippen molar-refractivity contribution in [1.29, 1.82) is 0 Å². The fraction of sp³-hybridized carbons (Fsp3) is 0.292. The van der Waals surface area contributed by atoms with Crippen LogP contribution in [0.4, 0.5) is 11.4 Å². The summed E-state index contributed by atoms with van der Waals surface area (Å²) in [6, 6.07) is 13.6. The predicted molar refractivity (Wildman–Crippen MR) is 123 cm³/mol. The molecule has 2 amide bonds. The number of hydrogen-bond acceptors (Lipinski definition) is 6. The minimum absolute atomic E-state index is 0.0220. The summed E-state index contributed by atoms with van der Waals surface area (Å²) in [6.45, 7) is 1.71. The molecule has 0 atom stereocenters. The number of esters is 1. The summed E-state index contributed by atoms with van der Waals surface area (Å²) in [5.74, 6) is -1.68. The smallest absolute Gasteiger partial charge is 0.359 e. The molecule has 0 spiro atoms. The second kappa shape index (κ2) is 9.64. The van der Waals surface area contributed by atoms with E-state index in [9.17, 15) is 19.2 Å². The maximum Gasteiger partial charge on any atom is 0.359 e. The number of carbonyl (C=O) groups excluding carboxylic acids is 3. The maximum atomic E-state index is 12.9. The van der Waals surface area contributed by atoms with Gasteiger partial charge in [-0.15, -0.1) is 0 Å². The molecule has 0 aliphatic carbocycles. The molecule has 170 valence electrons. The van der Waals surface area contributed by atoms with Crippen LogP contribution in [0.25, 0.3) is 10.8 Å². The van der Waals surface area contributed by atoms with Crippen LogP contribution in [0.3, 0.4) is 0 Å². The normalized spacial score (nSPS) is 12.9. The van der Waals surface area contributed by atoms with Gasteiger partial charge in [-0.2, -0.15) is 5.10 Å². The standard InChI is InChI=1S/C24H24N4O5/c1-2-3-8-13-28-23(31)17-10-5-4-9-16(17)22(26-28)24(32)33-15-21(30)27-14-20(29)25-18-11-6-7-12-19(18)27/h4-7,9-12H,2-3,8,13-15H2,1H3,(H,25,29). The molecule has 2 heterocycles. The van der Waals surface area contributed by atoms with Crippen molar-refractivity contribution in [2.75, 3.05) is 23.4 Å². The Hall–Kier alpha value is -4.01. The van der Waals surface area contributed by atoms with Gasteiger partial charge in [-0.1, -0.05) is 50.1 Å². The van der Waals surface area contributed by atoms with Crippen molar-refractivity contribution >= 4 is 39.9 Å². The Morgan fingerprint density at radius 2 is 1.76 bits per heavy atom. The molecule has 0 fully saturated rings. The van der Waals surface area contributed by atoms with E-state index in [4.69, 9.17) is 4.74 Å². The fourth-order valence-corrected chi connectivity index (χ4v) is 3.78. The second-order valence-electron chi connectivity index (χ2n) is 7.75. The van der Waals surface area contributed by atoms with Gasteiger partial charge in [0, 0.05) is 11.9 Å². The van der Waals surface area contributed by atoms with Gasteiger partial charge < -0.3 is 10.1 Å². The van der Waals surface area contributed by atoms with E-state index in [2.05, 4.69) is 17.3 Å². The van der Waals surface area contributed by atoms with Gasteiger partial charge in [0.1, 0.15) is 6.54 Å². The summed E-state index contributed by atoms with van der Waals surface area (Å²) in [5.41, 5.74) is 0.753. The van der Waals surface area contributed by atoms with Crippen LogP contribution in [0.2, 0.25) is 0 Å². The molecule has 9 nitrogen and oxygen atoms in total. The van der Waals surface area contributed by atoms with Gasteiger partial charge in [0.15, 0.2) is 12.3 Å². The van der Waals surface area contributed by atoms with Crippen molar-refractivity contribution < 1.29 is 19.1 Å². The minimum atomic E-state index is -0.807. The molecule has 0 unspecified atom stereocenters. The van der Waals surface area contributed by atoms with Crippen molar-refractivity contribution in [3.05, 3.63) is 64.6 Å². The first-order chi connectivity index (χ1) is 16.0. The predicted octanol–water partition coefficient (Wildman–Crippen LogP) is 2.73. The van der Waals surface area contributed by atoms with Gasteiger partial charge in [0.25, 0.3) is 11.5 Å². The SMILES string of the molecule is CCCCCn1nc(C(=O)OCC(=O)N2CC(=O)Nc3ccccc32)c2ccccc2c1=O. The van der Waals surface area contributed by atoms with Crippen LogP contribution in [0.15, 0.2) is 53.3 Å². The number of hydrogen-bond donors (Lipinski definition) is 1. The molecule has 0 saturated heterocycles. The molecular formula is C24H24N4O5. The Bertz CT molecular complexity index is 1280. The lowest BCUT2D eigenvalue weighted by Crippen LogP contribution is -2.44. The zero-order chi connectivity index (χ0) is 23.4. The number of fused-ring (bicyclic) bond motifs is 2. The van der Waals surface area contributed by atoms with E-state index in [1.54, 1.807) is 48.5 Å². The van der Waals surface area contributed by atoms with Crippen LogP contribution in [0, 0.1) is 0 Å². The summed E-state index contributed by atoms with van der Waals surface area (Å²) in [5, 5.41) is 7.69. The number of anilines is 2. The number of amides is 2. The van der Waals surface area contributed by atoms with E-state index < -0.39 is 18.5 Å². The Morgan fingerprint density at radius 3 is 2.55 bits per heavy atom. The quantitative estimate of drug-likeness (QED) is 0.440. The zero-order valence-electron chi connectivity index (χ0n) is 18.2. The third-order valence-corrected chi connectivity index (χ3v) is 5.43. The number of carbonyl (C=O) groups is 3. The van der Waals surface area contributed by atoms with E-state index in [0.717, 1.165) is 19.3 Å². The summed E-state index contributed by atoms with van der Waals surface area (Å²) in [6.07, 6.45) is 2.67. The Morgan fingerprint density at radius 1 is 1.03 bits per heavy atom. The molecule has 4 rings (SSSR count). The highest BCUT2D eigenvalue weighted by Gasteiger charge is 2.28. The molecule has 1 aliphatic heterocycles. The minimum Gasteiger partial charge on any atom is -0.451 e. The maximum absolute atomic E-state index is 12.9. The second-order valence-corrected chi connectivity index (χ2v) is 7.75. The van der Waals surface area contributed by atoms with Gasteiger partial charge >= 0.3 is 5.97 Å². The van der Waals surface area contributed by atoms with Gasteiger partial charge in [-0.25, -0.2) is 9.48 Å². The lowest BCUT2D eigenvalue weighted by atomic mass is 10.1. The van der Waals surface area contributed by atoms with Crippen molar-refractivity contribution in [3.63, 3.8) is 0 Å². The van der Waals surface area contributed by atoms with E-state index in [-0.39, 0.29) is 23.7 Å². The topological polar surface area (TPSA) is 111 Å². The number of ether oxygens (including phenoxy) is 1. The van der Waals surface area contributed by atoms with Crippen LogP contribution in [0.1, 0.15) is 36.7 Å². The lowest BCUT2D eigenvalue weighted by molar-refractivity contribution is -0.124. The third kappa shape index (κ3) is 4.62. The highest BCUT2D eigenvalue weighted by atomic mass is 16.5. The zero-order valence-corrected chi connectivity index (χ0v) is 18.2. The highest BCUT2D eigenvalue weighted by molar-refractivity contribution is 6.11. The largest absolute Gasteiger partial charge is 0.451 e. The van der Waals surface area contributed by atoms with Crippen molar-refractivity contribution in [3.8, 4) is 0 Å². The first-order valence-electron chi connectivity index (χ1n) is 10.9. The Labute approximate surface area is 190 Å². The summed E-state index contributed by atoms with van der Waals surface area (Å²) in [7, 11) is 0. The van der Waals surface area contributed by atoms with E-state index in [1.165, 1.54) is 9.58 Å². The molecule has 33 heavy (non-hydrogen) atoms. The van der Waals surface area contributed by atoms with Gasteiger partial charge in [-0.3, -0.25) is 19.3 Å². The molecule has 0 bridgehead atoms. The molecule has 2 aromatic carbocycles. The molecule has 9 heteroatoms. The molecular weight excluding hydrogens is 424 g/mol. The van der Waals surface area contributed by atoms with Crippen LogP contribution in [0.5, 0.6) is 0 Å². The monoisotopic (exact) mass is 448 g/mol. The molecule has 0 radical (unpaired) electrons. The number of nitrogens with one attached hydrogen (secondary N) is 1. The number of rotatable bonds is 7. The van der Waals surface area contributed by atoms with Gasteiger partial charge in [0.2, 0.25) is 5.91 Å². The van der Waals surface area contributed by atoms with Crippen molar-refractivity contribution in [2.45, 2.75) is 32.7 Å². The third-order valence-electron chi connectivity index (χ3n) is 5.43. The van der Waals surface area contributed by atoms with Crippen LogP contribution < -0.4 is 15.8 Å². The summed E-state index contributed by atoms with van der Waals surface area (Å²) in [4.78, 5) is 51.7. The van der Waals surface area contributed by atoms with Crippen LogP contribution >= 0.6 is 0 Å². The van der Waals surface area contributed by atoms with Crippen LogP contribution in [-0.2, 0) is 20.9 Å². The highest BCUT2D eigenvalue weighted by Crippen LogP contribution is 2.28. The molecule has 1 N–H and O–H groups in total. The summed E-state index contributed by atoms with van der Waals surface area (Å²) >= 11 is 0. The number of para-hydroxylation sites is 2. The van der Waals surface area contributed by atoms with E-state index in [0.29, 0.717) is 28.7 Å². The number of aryl methyl sites for hydroxylation is 1. The lowest BCUT2D eigenvalue weighted by Gasteiger charge is -2.28. The summed E-state index contributed by atoms with van der Waals surface area (Å²) < 4.78 is 6.56. The Kier molecular flexibility index (Phi) is 6.48. The van der Waals surface area contributed by atoms with E-state index in [1.807, 2.05) is 0 Å². The molecule has 1 aliphatic rings. The number of nitrogens with zero attached hydrogens (tertiary/aromatic N) is 3. The van der Waals surface area contributed by atoms with E-state index >= 15 is 0 Å². The average molecular weight is 448 g/mol. The Balaban J connectivity index is 1.56. The number of aromatic nitrogens is 2. The number of unbranched alkanes of at least 4 members (excludes halogenated alkanes) is 2. The molecule has 3 aromatic rings. The van der Waals surface area contributed by atoms with Crippen molar-refractivity contribution in [1.82, 2.24) is 9.78 Å². The fourth-order valence-electron chi connectivity index (χ4n) is 3.78. The first-order valence-corrected chi connectivity index (χ1v) is 10.9. The molecule has 0 saturated carbocycles. The van der Waals surface area contributed by atoms with Crippen molar-refractivity contribution in [2.24, 2.45) is 0 Å². The van der Waals surface area contributed by atoms with Gasteiger partial charge in [0.05, 0.1) is 16.8 Å².